The third-order valence-corrected chi connectivity index (χ3v) is 4.01. The summed E-state index contributed by atoms with van der Waals surface area (Å²) in [6, 6.07) is 13.0. The van der Waals surface area contributed by atoms with Crippen LogP contribution in [0, 0.1) is 0 Å². The second kappa shape index (κ2) is 7.24. The van der Waals surface area contributed by atoms with Gasteiger partial charge < -0.3 is 15.7 Å². The molecule has 0 radical (unpaired) electrons. The number of rotatable bonds is 5. The van der Waals surface area contributed by atoms with Crippen molar-refractivity contribution in [1.82, 2.24) is 0 Å². The van der Waals surface area contributed by atoms with Crippen LogP contribution < -0.4 is 10.5 Å². The minimum Gasteiger partial charge on any atom is -0.489 e. The highest BCUT2D eigenvalue weighted by molar-refractivity contribution is 7.98. The van der Waals surface area contributed by atoms with Crippen molar-refractivity contribution < 1.29 is 9.94 Å². The Kier molecular flexibility index (Phi) is 5.36. The first kappa shape index (κ1) is 15.5. The van der Waals surface area contributed by atoms with Crippen LogP contribution in [0.25, 0.3) is 0 Å². The molecule has 4 nitrogen and oxygen atoms in total. The standard InChI is InChI=1S/C15H15ClN2O2S/c1-21-13-6-4-12(5-7-13)20-9-11-3-2-10(8-14(11)16)15(17)18-19/h2-8,19H,9H2,1H3,(H2,17,18). The molecular weight excluding hydrogens is 308 g/mol. The molecule has 0 aliphatic rings. The van der Waals surface area contributed by atoms with Crippen molar-refractivity contribution in [1.29, 1.82) is 0 Å². The molecule has 0 unspecified atom stereocenters. The lowest BCUT2D eigenvalue weighted by Gasteiger charge is -2.09. The number of thioether (sulfide) groups is 1. The normalized spacial score (nSPS) is 11.4. The second-order valence-corrected chi connectivity index (χ2v) is 5.54. The van der Waals surface area contributed by atoms with E-state index < -0.39 is 0 Å². The van der Waals surface area contributed by atoms with Gasteiger partial charge in [0.05, 0.1) is 0 Å². The highest BCUT2D eigenvalue weighted by Crippen LogP contribution is 2.22. The van der Waals surface area contributed by atoms with E-state index in [-0.39, 0.29) is 5.84 Å². The van der Waals surface area contributed by atoms with Crippen molar-refractivity contribution in [2.45, 2.75) is 11.5 Å². The summed E-state index contributed by atoms with van der Waals surface area (Å²) in [6.07, 6.45) is 2.03. The Morgan fingerprint density at radius 1 is 1.29 bits per heavy atom. The van der Waals surface area contributed by atoms with Crippen LogP contribution in [0.4, 0.5) is 0 Å². The van der Waals surface area contributed by atoms with Gasteiger partial charge in [0, 0.05) is 21.0 Å². The average Bonchev–Trinajstić information content (AvgIpc) is 2.53. The van der Waals surface area contributed by atoms with Crippen molar-refractivity contribution in [3.05, 3.63) is 58.6 Å². The second-order valence-electron chi connectivity index (χ2n) is 4.26. The van der Waals surface area contributed by atoms with E-state index >= 15 is 0 Å². The molecule has 110 valence electrons. The van der Waals surface area contributed by atoms with E-state index in [1.165, 1.54) is 4.90 Å². The fraction of sp³-hybridized carbons (Fsp3) is 0.133. The molecule has 2 aromatic carbocycles. The van der Waals surface area contributed by atoms with Crippen LogP contribution in [0.15, 0.2) is 52.5 Å². The van der Waals surface area contributed by atoms with E-state index in [2.05, 4.69) is 5.16 Å². The molecule has 0 fully saturated rings. The Hall–Kier alpha value is -1.85. The van der Waals surface area contributed by atoms with Gasteiger partial charge in [-0.1, -0.05) is 28.9 Å². The largest absolute Gasteiger partial charge is 0.489 e. The number of amidine groups is 1. The van der Waals surface area contributed by atoms with Gasteiger partial charge in [0.15, 0.2) is 5.84 Å². The Labute approximate surface area is 132 Å². The Bertz CT molecular complexity index is 645. The molecule has 0 bridgehead atoms. The van der Waals surface area contributed by atoms with Gasteiger partial charge in [-0.3, -0.25) is 0 Å². The first-order valence-electron chi connectivity index (χ1n) is 6.17. The maximum Gasteiger partial charge on any atom is 0.170 e. The van der Waals surface area contributed by atoms with E-state index in [9.17, 15) is 0 Å². The predicted molar refractivity (Wildman–Crippen MR) is 86.5 cm³/mol. The third kappa shape index (κ3) is 4.06. The molecule has 6 heteroatoms. The molecule has 0 heterocycles. The molecule has 2 rings (SSSR count). The Morgan fingerprint density at radius 3 is 2.57 bits per heavy atom. The number of nitrogens with zero attached hydrogens (tertiary/aromatic N) is 1. The fourth-order valence-corrected chi connectivity index (χ4v) is 2.36. The summed E-state index contributed by atoms with van der Waals surface area (Å²) < 4.78 is 5.69. The molecule has 0 saturated carbocycles. The van der Waals surface area contributed by atoms with E-state index in [1.54, 1.807) is 30.0 Å². The van der Waals surface area contributed by atoms with Crippen molar-refractivity contribution in [3.63, 3.8) is 0 Å². The number of hydrogen-bond donors (Lipinski definition) is 2. The summed E-state index contributed by atoms with van der Waals surface area (Å²) in [5.74, 6) is 0.807. The summed E-state index contributed by atoms with van der Waals surface area (Å²) in [6.45, 7) is 0.355. The lowest BCUT2D eigenvalue weighted by atomic mass is 10.1. The summed E-state index contributed by atoms with van der Waals surface area (Å²) in [5, 5.41) is 12.1. The summed E-state index contributed by atoms with van der Waals surface area (Å²) in [5.41, 5.74) is 6.91. The monoisotopic (exact) mass is 322 g/mol. The number of ether oxygens (including phenoxy) is 1. The van der Waals surface area contributed by atoms with Crippen molar-refractivity contribution in [2.24, 2.45) is 10.9 Å². The Balaban J connectivity index is 2.05. The number of hydrogen-bond acceptors (Lipinski definition) is 4. The number of oxime groups is 1. The molecule has 0 saturated heterocycles. The first-order valence-corrected chi connectivity index (χ1v) is 7.77. The van der Waals surface area contributed by atoms with E-state index in [0.29, 0.717) is 17.2 Å². The van der Waals surface area contributed by atoms with Crippen molar-refractivity contribution in [3.8, 4) is 5.75 Å². The molecule has 2 aromatic rings. The van der Waals surface area contributed by atoms with Gasteiger partial charge in [0.1, 0.15) is 12.4 Å². The smallest absolute Gasteiger partial charge is 0.170 e. The van der Waals surface area contributed by atoms with Crippen molar-refractivity contribution in [2.75, 3.05) is 6.26 Å². The van der Waals surface area contributed by atoms with Crippen LogP contribution in [0.3, 0.4) is 0 Å². The zero-order chi connectivity index (χ0) is 15.2. The van der Waals surface area contributed by atoms with Gasteiger partial charge in [-0.15, -0.1) is 11.8 Å². The van der Waals surface area contributed by atoms with E-state index in [0.717, 1.165) is 11.3 Å². The molecule has 0 spiro atoms. The molecule has 0 aliphatic heterocycles. The van der Waals surface area contributed by atoms with Gasteiger partial charge in [0.2, 0.25) is 0 Å². The number of benzene rings is 2. The fourth-order valence-electron chi connectivity index (χ4n) is 1.71. The van der Waals surface area contributed by atoms with Crippen LogP contribution in [-0.2, 0) is 6.61 Å². The van der Waals surface area contributed by atoms with Crippen LogP contribution in [0.1, 0.15) is 11.1 Å². The summed E-state index contributed by atoms with van der Waals surface area (Å²) >= 11 is 7.85. The van der Waals surface area contributed by atoms with Crippen LogP contribution in [0.2, 0.25) is 5.02 Å². The van der Waals surface area contributed by atoms with Gasteiger partial charge in [0.25, 0.3) is 0 Å². The minimum absolute atomic E-state index is 0.0250. The zero-order valence-corrected chi connectivity index (χ0v) is 13.0. The highest BCUT2D eigenvalue weighted by atomic mass is 35.5. The SMILES string of the molecule is CSc1ccc(OCc2ccc(/C(N)=N/O)cc2Cl)cc1. The van der Waals surface area contributed by atoms with E-state index in [4.69, 9.17) is 27.3 Å². The van der Waals surface area contributed by atoms with Gasteiger partial charge in [-0.2, -0.15) is 0 Å². The minimum atomic E-state index is 0.0250. The van der Waals surface area contributed by atoms with Gasteiger partial charge in [-0.25, -0.2) is 0 Å². The maximum atomic E-state index is 8.64. The van der Waals surface area contributed by atoms with Crippen LogP contribution >= 0.6 is 23.4 Å². The predicted octanol–water partition coefficient (Wildman–Crippen LogP) is 3.74. The molecule has 3 N–H and O–H groups in total. The van der Waals surface area contributed by atoms with E-state index in [1.807, 2.05) is 30.5 Å². The average molecular weight is 323 g/mol. The molecule has 0 atom stereocenters. The topological polar surface area (TPSA) is 67.8 Å². The quantitative estimate of drug-likeness (QED) is 0.289. The number of nitrogens with two attached hydrogens (primary N) is 1. The van der Waals surface area contributed by atoms with Crippen LogP contribution in [0.5, 0.6) is 5.75 Å². The summed E-state index contributed by atoms with van der Waals surface area (Å²) in [4.78, 5) is 1.18. The van der Waals surface area contributed by atoms with Crippen LogP contribution in [-0.4, -0.2) is 17.3 Å². The van der Waals surface area contributed by atoms with Crippen molar-refractivity contribution >= 4 is 29.2 Å². The number of halogens is 1. The summed E-state index contributed by atoms with van der Waals surface area (Å²) in [7, 11) is 0. The Morgan fingerprint density at radius 2 is 2.00 bits per heavy atom. The molecule has 0 amide bonds. The lowest BCUT2D eigenvalue weighted by Crippen LogP contribution is -2.13. The molecule has 0 aromatic heterocycles. The van der Waals surface area contributed by atoms with Gasteiger partial charge in [-0.05, 0) is 36.6 Å². The zero-order valence-electron chi connectivity index (χ0n) is 11.4. The van der Waals surface area contributed by atoms with Gasteiger partial charge >= 0.3 is 0 Å². The molecule has 0 aliphatic carbocycles. The molecular formula is C15H15ClN2O2S. The highest BCUT2D eigenvalue weighted by Gasteiger charge is 2.06. The first-order chi connectivity index (χ1) is 10.1. The lowest BCUT2D eigenvalue weighted by molar-refractivity contribution is 0.306. The molecule has 21 heavy (non-hydrogen) atoms. The third-order valence-electron chi connectivity index (χ3n) is 2.91. The maximum absolute atomic E-state index is 8.64.